The fourth-order valence-electron chi connectivity index (χ4n) is 1.64. The Kier molecular flexibility index (Phi) is 4.10. The summed E-state index contributed by atoms with van der Waals surface area (Å²) in [5.74, 6) is 0.841. The number of nitrogens with one attached hydrogen (secondary N) is 1. The van der Waals surface area contributed by atoms with Gasteiger partial charge in [0.05, 0.1) is 5.56 Å². The molecule has 1 aromatic heterocycles. The molecule has 0 amide bonds. The van der Waals surface area contributed by atoms with Crippen LogP contribution in [0, 0.1) is 5.41 Å². The second kappa shape index (κ2) is 5.97. The molecule has 0 bridgehead atoms. The van der Waals surface area contributed by atoms with Crippen LogP contribution in [0.3, 0.4) is 0 Å². The van der Waals surface area contributed by atoms with Gasteiger partial charge in [-0.3, -0.25) is 5.41 Å². The monoisotopic (exact) mass is 257 g/mol. The Morgan fingerprint density at radius 2 is 2.00 bits per heavy atom. The first-order valence-corrected chi connectivity index (χ1v) is 5.88. The van der Waals surface area contributed by atoms with E-state index in [0.29, 0.717) is 23.6 Å². The maximum Gasteiger partial charge on any atom is 0.230 e. The average molecular weight is 257 g/mol. The maximum absolute atomic E-state index is 8.84. The molecule has 0 spiro atoms. The molecule has 5 heteroatoms. The SMILES string of the molecule is N=C(N)c1cccnc1Oc1ccc(CCO)cc1. The van der Waals surface area contributed by atoms with E-state index < -0.39 is 0 Å². The molecule has 2 aromatic rings. The Bertz CT molecular complexity index is 567. The van der Waals surface area contributed by atoms with Gasteiger partial charge in [-0.15, -0.1) is 0 Å². The summed E-state index contributed by atoms with van der Waals surface area (Å²) in [6.45, 7) is 0.120. The summed E-state index contributed by atoms with van der Waals surface area (Å²) < 4.78 is 5.61. The van der Waals surface area contributed by atoms with E-state index in [1.807, 2.05) is 12.1 Å². The van der Waals surface area contributed by atoms with Gasteiger partial charge in [0, 0.05) is 12.8 Å². The molecule has 0 saturated heterocycles. The van der Waals surface area contributed by atoms with Crippen LogP contribution in [0.4, 0.5) is 0 Å². The lowest BCUT2D eigenvalue weighted by atomic mass is 10.1. The van der Waals surface area contributed by atoms with E-state index in [0.717, 1.165) is 5.56 Å². The Hall–Kier alpha value is -2.40. The molecule has 0 fully saturated rings. The first-order chi connectivity index (χ1) is 9.20. The Morgan fingerprint density at radius 3 is 2.63 bits per heavy atom. The quantitative estimate of drug-likeness (QED) is 0.561. The van der Waals surface area contributed by atoms with Gasteiger partial charge in [-0.25, -0.2) is 4.98 Å². The van der Waals surface area contributed by atoms with E-state index in [9.17, 15) is 0 Å². The number of hydrogen-bond acceptors (Lipinski definition) is 4. The highest BCUT2D eigenvalue weighted by molar-refractivity contribution is 5.97. The van der Waals surface area contributed by atoms with Crippen LogP contribution in [0.15, 0.2) is 42.6 Å². The zero-order valence-corrected chi connectivity index (χ0v) is 10.3. The summed E-state index contributed by atoms with van der Waals surface area (Å²) >= 11 is 0. The summed E-state index contributed by atoms with van der Waals surface area (Å²) in [7, 11) is 0. The highest BCUT2D eigenvalue weighted by Crippen LogP contribution is 2.22. The Morgan fingerprint density at radius 1 is 1.26 bits per heavy atom. The van der Waals surface area contributed by atoms with Crippen LogP contribution in [0.2, 0.25) is 0 Å². The van der Waals surface area contributed by atoms with Crippen LogP contribution >= 0.6 is 0 Å². The molecule has 0 saturated carbocycles. The maximum atomic E-state index is 8.84. The number of aromatic nitrogens is 1. The van der Waals surface area contributed by atoms with E-state index in [4.69, 9.17) is 21.0 Å². The molecular weight excluding hydrogens is 242 g/mol. The number of aliphatic hydroxyl groups is 1. The third-order valence-electron chi connectivity index (χ3n) is 2.60. The van der Waals surface area contributed by atoms with Crippen molar-refractivity contribution in [3.63, 3.8) is 0 Å². The lowest BCUT2D eigenvalue weighted by molar-refractivity contribution is 0.299. The predicted octanol–water partition coefficient (Wildman–Crippen LogP) is 1.69. The van der Waals surface area contributed by atoms with Gasteiger partial charge in [0.2, 0.25) is 5.88 Å². The number of aliphatic hydroxyl groups excluding tert-OH is 1. The minimum atomic E-state index is -0.0833. The summed E-state index contributed by atoms with van der Waals surface area (Å²) in [6, 6.07) is 10.7. The first kappa shape index (κ1) is 13.0. The molecule has 0 radical (unpaired) electrons. The molecule has 0 atom stereocenters. The van der Waals surface area contributed by atoms with Crippen molar-refractivity contribution in [1.82, 2.24) is 4.98 Å². The lowest BCUT2D eigenvalue weighted by Gasteiger charge is -2.09. The second-order valence-electron chi connectivity index (χ2n) is 3.99. The number of nitrogens with two attached hydrogens (primary N) is 1. The van der Waals surface area contributed by atoms with Crippen molar-refractivity contribution in [3.05, 3.63) is 53.7 Å². The summed E-state index contributed by atoms with van der Waals surface area (Å²) in [6.07, 6.45) is 2.20. The summed E-state index contributed by atoms with van der Waals surface area (Å²) in [5, 5.41) is 16.3. The molecule has 98 valence electrons. The number of nitrogen functional groups attached to an aromatic ring is 1. The van der Waals surface area contributed by atoms with Crippen molar-refractivity contribution in [2.24, 2.45) is 5.73 Å². The van der Waals surface area contributed by atoms with E-state index in [2.05, 4.69) is 4.98 Å². The predicted molar refractivity (Wildman–Crippen MR) is 72.6 cm³/mol. The summed E-state index contributed by atoms with van der Waals surface area (Å²) in [4.78, 5) is 4.07. The minimum absolute atomic E-state index is 0.0833. The third-order valence-corrected chi connectivity index (χ3v) is 2.60. The van der Waals surface area contributed by atoms with Gasteiger partial charge in [0.25, 0.3) is 0 Å². The number of rotatable bonds is 5. The number of hydrogen-bond donors (Lipinski definition) is 3. The highest BCUT2D eigenvalue weighted by atomic mass is 16.5. The van der Waals surface area contributed by atoms with Gasteiger partial charge in [-0.2, -0.15) is 0 Å². The second-order valence-corrected chi connectivity index (χ2v) is 3.99. The molecule has 4 N–H and O–H groups in total. The van der Waals surface area contributed by atoms with E-state index >= 15 is 0 Å². The van der Waals surface area contributed by atoms with Gasteiger partial charge < -0.3 is 15.6 Å². The van der Waals surface area contributed by atoms with E-state index in [1.165, 1.54) is 0 Å². The van der Waals surface area contributed by atoms with Gasteiger partial charge in [0.15, 0.2) is 0 Å². The van der Waals surface area contributed by atoms with Crippen molar-refractivity contribution in [1.29, 1.82) is 5.41 Å². The molecule has 1 heterocycles. The standard InChI is InChI=1S/C14H15N3O2/c15-13(16)12-2-1-8-17-14(12)19-11-5-3-10(4-6-11)7-9-18/h1-6,8,18H,7,9H2,(H3,15,16). The largest absolute Gasteiger partial charge is 0.438 e. The van der Waals surface area contributed by atoms with Crippen LogP contribution in [0.1, 0.15) is 11.1 Å². The fourth-order valence-corrected chi connectivity index (χ4v) is 1.64. The van der Waals surface area contributed by atoms with Gasteiger partial charge in [0.1, 0.15) is 11.6 Å². The zero-order chi connectivity index (χ0) is 13.7. The van der Waals surface area contributed by atoms with E-state index in [1.54, 1.807) is 30.5 Å². The van der Waals surface area contributed by atoms with Crippen LogP contribution < -0.4 is 10.5 Å². The first-order valence-electron chi connectivity index (χ1n) is 5.88. The zero-order valence-electron chi connectivity index (χ0n) is 10.3. The van der Waals surface area contributed by atoms with Crippen molar-refractivity contribution in [2.45, 2.75) is 6.42 Å². The average Bonchev–Trinajstić information content (AvgIpc) is 2.42. The molecule has 19 heavy (non-hydrogen) atoms. The highest BCUT2D eigenvalue weighted by Gasteiger charge is 2.08. The fraction of sp³-hybridized carbons (Fsp3) is 0.143. The van der Waals surface area contributed by atoms with Crippen LogP contribution in [-0.2, 0) is 6.42 Å². The molecule has 0 unspecified atom stereocenters. The normalized spacial score (nSPS) is 10.2. The van der Waals surface area contributed by atoms with Gasteiger partial charge in [-0.1, -0.05) is 12.1 Å². The number of ether oxygens (including phenoxy) is 1. The van der Waals surface area contributed by atoms with Gasteiger partial charge >= 0.3 is 0 Å². The molecule has 2 rings (SSSR count). The van der Waals surface area contributed by atoms with Crippen molar-refractivity contribution in [3.8, 4) is 11.6 Å². The third kappa shape index (κ3) is 3.29. The number of benzene rings is 1. The molecular formula is C14H15N3O2. The van der Waals surface area contributed by atoms with Crippen molar-refractivity contribution in [2.75, 3.05) is 6.61 Å². The van der Waals surface area contributed by atoms with Crippen LogP contribution in [0.5, 0.6) is 11.6 Å². The number of pyridine rings is 1. The van der Waals surface area contributed by atoms with Crippen LogP contribution in [-0.4, -0.2) is 22.5 Å². The molecule has 0 aliphatic rings. The van der Waals surface area contributed by atoms with Crippen molar-refractivity contribution >= 4 is 5.84 Å². The number of nitrogens with zero attached hydrogens (tertiary/aromatic N) is 1. The Labute approximate surface area is 111 Å². The van der Waals surface area contributed by atoms with Gasteiger partial charge in [-0.05, 0) is 36.2 Å². The Balaban J connectivity index is 2.19. The van der Waals surface area contributed by atoms with Crippen molar-refractivity contribution < 1.29 is 9.84 Å². The lowest BCUT2D eigenvalue weighted by Crippen LogP contribution is -2.12. The molecule has 5 nitrogen and oxygen atoms in total. The molecule has 1 aromatic carbocycles. The topological polar surface area (TPSA) is 92.2 Å². The number of amidine groups is 1. The summed E-state index contributed by atoms with van der Waals surface area (Å²) in [5.41, 5.74) is 6.96. The smallest absolute Gasteiger partial charge is 0.230 e. The minimum Gasteiger partial charge on any atom is -0.438 e. The van der Waals surface area contributed by atoms with E-state index in [-0.39, 0.29) is 12.4 Å². The molecule has 0 aliphatic carbocycles. The molecule has 0 aliphatic heterocycles. The van der Waals surface area contributed by atoms with Crippen LogP contribution in [0.25, 0.3) is 0 Å².